The number of para-hydroxylation sites is 1. The fourth-order valence-corrected chi connectivity index (χ4v) is 4.77. The Morgan fingerprint density at radius 3 is 2.93 bits per heavy atom. The minimum atomic E-state index is -0.00971. The molecule has 0 radical (unpaired) electrons. The molecule has 30 heavy (non-hydrogen) atoms. The Labute approximate surface area is 180 Å². The van der Waals surface area contributed by atoms with Crippen molar-refractivity contribution in [2.45, 2.75) is 38.5 Å². The van der Waals surface area contributed by atoms with Crippen molar-refractivity contribution >= 4 is 34.1 Å². The van der Waals surface area contributed by atoms with E-state index >= 15 is 0 Å². The van der Waals surface area contributed by atoms with Crippen molar-refractivity contribution in [3.8, 4) is 0 Å². The molecule has 4 rings (SSSR count). The van der Waals surface area contributed by atoms with Crippen LogP contribution in [0.15, 0.2) is 41.8 Å². The van der Waals surface area contributed by atoms with Crippen molar-refractivity contribution in [1.29, 1.82) is 0 Å². The van der Waals surface area contributed by atoms with Gasteiger partial charge in [-0.1, -0.05) is 31.2 Å². The zero-order valence-electron chi connectivity index (χ0n) is 17.1. The SMILES string of the molecule is CCC(=O)NCCc1csc([C@@H]2CCCN(C(=O)c3ccc4ccccc4n3)C2)n1. The van der Waals surface area contributed by atoms with Crippen molar-refractivity contribution in [3.05, 3.63) is 58.2 Å². The first kappa shape index (κ1) is 20.5. The summed E-state index contributed by atoms with van der Waals surface area (Å²) in [6.45, 7) is 3.89. The first-order valence-electron chi connectivity index (χ1n) is 10.5. The lowest BCUT2D eigenvalue weighted by atomic mass is 9.98. The van der Waals surface area contributed by atoms with Crippen LogP contribution in [-0.4, -0.2) is 46.3 Å². The van der Waals surface area contributed by atoms with Gasteiger partial charge in [-0.05, 0) is 25.0 Å². The van der Waals surface area contributed by atoms with Crippen LogP contribution >= 0.6 is 11.3 Å². The van der Waals surface area contributed by atoms with Crippen LogP contribution in [0.2, 0.25) is 0 Å². The van der Waals surface area contributed by atoms with Gasteiger partial charge in [0.1, 0.15) is 5.69 Å². The molecule has 0 saturated carbocycles. The average Bonchev–Trinajstić information content (AvgIpc) is 3.27. The van der Waals surface area contributed by atoms with E-state index < -0.39 is 0 Å². The molecule has 0 aliphatic carbocycles. The molecular formula is C23H26N4O2S. The number of fused-ring (bicyclic) bond motifs is 1. The number of amides is 2. The molecule has 1 fully saturated rings. The van der Waals surface area contributed by atoms with Crippen LogP contribution < -0.4 is 5.32 Å². The summed E-state index contributed by atoms with van der Waals surface area (Å²) in [7, 11) is 0. The van der Waals surface area contributed by atoms with E-state index in [0.29, 0.717) is 25.2 Å². The molecule has 3 heterocycles. The van der Waals surface area contributed by atoms with Crippen LogP contribution in [0.1, 0.15) is 53.3 Å². The summed E-state index contributed by atoms with van der Waals surface area (Å²) >= 11 is 1.65. The quantitative estimate of drug-likeness (QED) is 0.656. The summed E-state index contributed by atoms with van der Waals surface area (Å²) in [6, 6.07) is 11.6. The fraction of sp³-hybridized carbons (Fsp3) is 0.391. The highest BCUT2D eigenvalue weighted by atomic mass is 32.1. The van der Waals surface area contributed by atoms with Crippen LogP contribution in [0.25, 0.3) is 10.9 Å². The molecule has 1 atom stereocenters. The second-order valence-electron chi connectivity index (χ2n) is 7.61. The highest BCUT2D eigenvalue weighted by Gasteiger charge is 2.28. The first-order chi connectivity index (χ1) is 14.6. The van der Waals surface area contributed by atoms with E-state index in [1.807, 2.05) is 48.2 Å². The Hall–Kier alpha value is -2.80. The third-order valence-electron chi connectivity index (χ3n) is 5.47. The van der Waals surface area contributed by atoms with E-state index in [1.165, 1.54) is 0 Å². The lowest BCUT2D eigenvalue weighted by Crippen LogP contribution is -2.39. The van der Waals surface area contributed by atoms with Crippen molar-refractivity contribution in [1.82, 2.24) is 20.2 Å². The highest BCUT2D eigenvalue weighted by Crippen LogP contribution is 2.30. The van der Waals surface area contributed by atoms with Crippen LogP contribution in [0, 0.1) is 0 Å². The van der Waals surface area contributed by atoms with Gasteiger partial charge in [0, 0.05) is 49.2 Å². The molecule has 1 aliphatic rings. The molecule has 156 valence electrons. The number of nitrogens with one attached hydrogen (secondary N) is 1. The molecule has 1 saturated heterocycles. The number of piperidine rings is 1. The van der Waals surface area contributed by atoms with Gasteiger partial charge in [-0.3, -0.25) is 9.59 Å². The van der Waals surface area contributed by atoms with Gasteiger partial charge in [-0.15, -0.1) is 11.3 Å². The number of thiazole rings is 1. The highest BCUT2D eigenvalue weighted by molar-refractivity contribution is 7.09. The number of likely N-dealkylation sites (tertiary alicyclic amines) is 1. The van der Waals surface area contributed by atoms with Gasteiger partial charge in [0.25, 0.3) is 5.91 Å². The maximum absolute atomic E-state index is 13.1. The number of rotatable bonds is 6. The summed E-state index contributed by atoms with van der Waals surface area (Å²) in [6.07, 6.45) is 3.23. The van der Waals surface area contributed by atoms with Gasteiger partial charge in [0.05, 0.1) is 16.2 Å². The van der Waals surface area contributed by atoms with E-state index in [-0.39, 0.29) is 17.7 Å². The van der Waals surface area contributed by atoms with Crippen LogP contribution in [0.5, 0.6) is 0 Å². The average molecular weight is 423 g/mol. The lowest BCUT2D eigenvalue weighted by molar-refractivity contribution is -0.120. The van der Waals surface area contributed by atoms with Crippen molar-refractivity contribution < 1.29 is 9.59 Å². The van der Waals surface area contributed by atoms with Gasteiger partial charge < -0.3 is 10.2 Å². The molecular weight excluding hydrogens is 396 g/mol. The van der Waals surface area contributed by atoms with Gasteiger partial charge >= 0.3 is 0 Å². The van der Waals surface area contributed by atoms with Crippen LogP contribution in [0.3, 0.4) is 0 Å². The minimum absolute atomic E-state index is 0.00971. The van der Waals surface area contributed by atoms with Crippen LogP contribution in [-0.2, 0) is 11.2 Å². The number of carbonyl (C=O) groups excluding carboxylic acids is 2. The van der Waals surface area contributed by atoms with E-state index in [2.05, 4.69) is 15.7 Å². The molecule has 2 amide bonds. The number of aromatic nitrogens is 2. The standard InChI is InChI=1S/C23H26N4O2S/c1-2-21(28)24-12-11-18-15-30-22(25-18)17-7-5-13-27(14-17)23(29)20-10-9-16-6-3-4-8-19(16)26-20/h3-4,6,8-10,15,17H,2,5,7,11-14H2,1H3,(H,24,28)/t17-/m1/s1. The van der Waals surface area contributed by atoms with Gasteiger partial charge in [-0.25, -0.2) is 9.97 Å². The van der Waals surface area contributed by atoms with Crippen molar-refractivity contribution in [2.75, 3.05) is 19.6 Å². The number of hydrogen-bond acceptors (Lipinski definition) is 5. The minimum Gasteiger partial charge on any atom is -0.356 e. The van der Waals surface area contributed by atoms with Crippen molar-refractivity contribution in [2.24, 2.45) is 0 Å². The Morgan fingerprint density at radius 1 is 1.20 bits per heavy atom. The summed E-state index contributed by atoms with van der Waals surface area (Å²) in [5, 5.41) is 7.07. The number of carbonyl (C=O) groups is 2. The summed E-state index contributed by atoms with van der Waals surface area (Å²) in [5.74, 6) is 0.311. The summed E-state index contributed by atoms with van der Waals surface area (Å²) < 4.78 is 0. The van der Waals surface area contributed by atoms with Gasteiger partial charge in [0.2, 0.25) is 5.91 Å². The van der Waals surface area contributed by atoms with Crippen molar-refractivity contribution in [3.63, 3.8) is 0 Å². The monoisotopic (exact) mass is 422 g/mol. The Balaban J connectivity index is 1.40. The number of benzene rings is 1. The van der Waals surface area contributed by atoms with E-state index in [1.54, 1.807) is 11.3 Å². The molecule has 0 bridgehead atoms. The third kappa shape index (κ3) is 4.67. The maximum atomic E-state index is 13.1. The van der Waals surface area contributed by atoms with E-state index in [4.69, 9.17) is 4.98 Å². The second-order valence-corrected chi connectivity index (χ2v) is 8.50. The normalized spacial score (nSPS) is 16.6. The van der Waals surface area contributed by atoms with E-state index in [0.717, 1.165) is 47.4 Å². The topological polar surface area (TPSA) is 75.2 Å². The first-order valence-corrected chi connectivity index (χ1v) is 11.4. The molecule has 2 aromatic heterocycles. The number of nitrogens with zero attached hydrogens (tertiary/aromatic N) is 3. The second kappa shape index (κ2) is 9.34. The number of pyridine rings is 1. The molecule has 0 unspecified atom stereocenters. The number of hydrogen-bond donors (Lipinski definition) is 1. The zero-order valence-corrected chi connectivity index (χ0v) is 18.0. The third-order valence-corrected chi connectivity index (χ3v) is 6.53. The summed E-state index contributed by atoms with van der Waals surface area (Å²) in [5.41, 5.74) is 2.35. The predicted molar refractivity (Wildman–Crippen MR) is 119 cm³/mol. The molecule has 7 heteroatoms. The molecule has 6 nitrogen and oxygen atoms in total. The Kier molecular flexibility index (Phi) is 6.38. The van der Waals surface area contributed by atoms with Gasteiger partial charge in [-0.2, -0.15) is 0 Å². The van der Waals surface area contributed by atoms with Gasteiger partial charge in [0.15, 0.2) is 0 Å². The zero-order chi connectivity index (χ0) is 20.9. The summed E-state index contributed by atoms with van der Waals surface area (Å²) in [4.78, 5) is 35.7. The predicted octanol–water partition coefficient (Wildman–Crippen LogP) is 3.78. The Morgan fingerprint density at radius 2 is 2.07 bits per heavy atom. The molecule has 0 spiro atoms. The van der Waals surface area contributed by atoms with E-state index in [9.17, 15) is 9.59 Å². The molecule has 3 aromatic rings. The fourth-order valence-electron chi connectivity index (χ4n) is 3.79. The largest absolute Gasteiger partial charge is 0.356 e. The molecule has 1 N–H and O–H groups in total. The molecule has 1 aliphatic heterocycles. The lowest BCUT2D eigenvalue weighted by Gasteiger charge is -2.31. The van der Waals surface area contributed by atoms with Crippen LogP contribution in [0.4, 0.5) is 0 Å². The Bertz CT molecular complexity index is 1050. The molecule has 1 aromatic carbocycles. The smallest absolute Gasteiger partial charge is 0.272 e. The maximum Gasteiger partial charge on any atom is 0.272 e.